The first-order chi connectivity index (χ1) is 15.5. The molecule has 1 aliphatic heterocycles. The molecule has 0 spiro atoms. The smallest absolute Gasteiger partial charge is 0.270 e. The van der Waals surface area contributed by atoms with Crippen molar-refractivity contribution in [2.45, 2.75) is 0 Å². The number of nitrogens with zero attached hydrogens (tertiary/aromatic N) is 1. The minimum atomic E-state index is -0.387. The van der Waals surface area contributed by atoms with Crippen LogP contribution in [0.5, 0.6) is 5.75 Å². The predicted molar refractivity (Wildman–Crippen MR) is 129 cm³/mol. The summed E-state index contributed by atoms with van der Waals surface area (Å²) >= 11 is 6.61. The van der Waals surface area contributed by atoms with Crippen molar-refractivity contribution >= 4 is 57.6 Å². The van der Waals surface area contributed by atoms with Gasteiger partial charge < -0.3 is 10.1 Å². The first-order valence-corrected chi connectivity index (χ1v) is 10.8. The standard InChI is InChI=1S/C24H17FN2O3S2/c25-17-10-12-18(13-11-17)26-22(28)15-30-20-9-5-4-6-16(20)14-21-23(29)27(24(31)32-21)19-7-2-1-3-8-19/h1-14H,15H2,(H,26,28)/b21-14+. The number of rotatable bonds is 6. The molecule has 0 atom stereocenters. The Kier molecular flexibility index (Phi) is 6.63. The van der Waals surface area contributed by atoms with Crippen LogP contribution in [0.2, 0.25) is 0 Å². The highest BCUT2D eigenvalue weighted by molar-refractivity contribution is 8.27. The van der Waals surface area contributed by atoms with Crippen molar-refractivity contribution in [1.29, 1.82) is 0 Å². The fraction of sp³-hybridized carbons (Fsp3) is 0.0417. The summed E-state index contributed by atoms with van der Waals surface area (Å²) in [7, 11) is 0. The van der Waals surface area contributed by atoms with Crippen molar-refractivity contribution in [3.05, 3.63) is 95.1 Å². The van der Waals surface area contributed by atoms with Gasteiger partial charge in [-0.2, -0.15) is 0 Å². The van der Waals surface area contributed by atoms with E-state index in [1.54, 1.807) is 24.3 Å². The highest BCUT2D eigenvalue weighted by Crippen LogP contribution is 2.37. The summed E-state index contributed by atoms with van der Waals surface area (Å²) < 4.78 is 19.1. The summed E-state index contributed by atoms with van der Waals surface area (Å²) in [4.78, 5) is 27.1. The highest BCUT2D eigenvalue weighted by Gasteiger charge is 2.33. The van der Waals surface area contributed by atoms with E-state index < -0.39 is 0 Å². The van der Waals surface area contributed by atoms with E-state index in [1.165, 1.54) is 40.9 Å². The molecule has 0 aromatic heterocycles. The van der Waals surface area contributed by atoms with E-state index in [-0.39, 0.29) is 24.2 Å². The number of hydrogen-bond acceptors (Lipinski definition) is 5. The van der Waals surface area contributed by atoms with Gasteiger partial charge in [-0.25, -0.2) is 4.39 Å². The third-order valence-corrected chi connectivity index (χ3v) is 5.80. The first-order valence-electron chi connectivity index (χ1n) is 9.61. The number of para-hydroxylation sites is 2. The lowest BCUT2D eigenvalue weighted by atomic mass is 10.2. The molecular formula is C24H17FN2O3S2. The van der Waals surface area contributed by atoms with Crippen LogP contribution in [0.1, 0.15) is 5.56 Å². The lowest BCUT2D eigenvalue weighted by molar-refractivity contribution is -0.118. The fourth-order valence-corrected chi connectivity index (χ4v) is 4.30. The van der Waals surface area contributed by atoms with Crippen LogP contribution in [0.4, 0.5) is 15.8 Å². The maximum atomic E-state index is 13.0. The zero-order chi connectivity index (χ0) is 22.5. The van der Waals surface area contributed by atoms with Gasteiger partial charge in [-0.05, 0) is 48.5 Å². The zero-order valence-corrected chi connectivity index (χ0v) is 18.3. The lowest BCUT2D eigenvalue weighted by Crippen LogP contribution is -2.27. The molecule has 1 aliphatic rings. The van der Waals surface area contributed by atoms with Crippen LogP contribution in [0.15, 0.2) is 83.8 Å². The van der Waals surface area contributed by atoms with Crippen LogP contribution in [0.3, 0.4) is 0 Å². The number of nitrogens with one attached hydrogen (secondary N) is 1. The maximum absolute atomic E-state index is 13.0. The SMILES string of the molecule is O=C(COc1ccccc1/C=C1/SC(=S)N(c2ccccc2)C1=O)Nc1ccc(F)cc1. The van der Waals surface area contributed by atoms with Gasteiger partial charge in [0.1, 0.15) is 11.6 Å². The molecule has 160 valence electrons. The average molecular weight is 465 g/mol. The molecule has 0 unspecified atom stereocenters. The van der Waals surface area contributed by atoms with Crippen LogP contribution < -0.4 is 15.0 Å². The largest absolute Gasteiger partial charge is 0.483 e. The van der Waals surface area contributed by atoms with Crippen molar-refractivity contribution < 1.29 is 18.7 Å². The number of amides is 2. The summed E-state index contributed by atoms with van der Waals surface area (Å²) in [5.74, 6) is -0.533. The third kappa shape index (κ3) is 5.04. The van der Waals surface area contributed by atoms with E-state index in [9.17, 15) is 14.0 Å². The molecule has 0 radical (unpaired) electrons. The molecule has 8 heteroatoms. The Bertz CT molecular complexity index is 1200. The van der Waals surface area contributed by atoms with Gasteiger partial charge in [-0.15, -0.1) is 0 Å². The van der Waals surface area contributed by atoms with Gasteiger partial charge in [-0.3, -0.25) is 14.5 Å². The van der Waals surface area contributed by atoms with Crippen molar-refractivity contribution in [2.24, 2.45) is 0 Å². The second kappa shape index (κ2) is 9.76. The predicted octanol–water partition coefficient (Wildman–Crippen LogP) is 5.25. The molecule has 3 aromatic rings. The van der Waals surface area contributed by atoms with E-state index in [0.717, 1.165) is 0 Å². The number of thiocarbonyl (C=S) groups is 1. The molecule has 0 saturated carbocycles. The monoisotopic (exact) mass is 464 g/mol. The Hall–Kier alpha value is -3.49. The van der Waals surface area contributed by atoms with Crippen LogP contribution >= 0.6 is 24.0 Å². The third-order valence-electron chi connectivity index (χ3n) is 4.50. The molecule has 32 heavy (non-hydrogen) atoms. The number of benzene rings is 3. The van der Waals surface area contributed by atoms with Crippen LogP contribution in [-0.2, 0) is 9.59 Å². The molecule has 3 aromatic carbocycles. The van der Waals surface area contributed by atoms with Gasteiger partial charge in [0, 0.05) is 11.3 Å². The maximum Gasteiger partial charge on any atom is 0.270 e. The Labute approximate surface area is 193 Å². The van der Waals surface area contributed by atoms with Crippen molar-refractivity contribution in [3.8, 4) is 5.75 Å². The van der Waals surface area contributed by atoms with Crippen LogP contribution in [0.25, 0.3) is 6.08 Å². The molecule has 0 bridgehead atoms. The van der Waals surface area contributed by atoms with Gasteiger partial charge >= 0.3 is 0 Å². The Morgan fingerprint density at radius 1 is 1.03 bits per heavy atom. The summed E-state index contributed by atoms with van der Waals surface area (Å²) in [6.45, 7) is -0.243. The minimum absolute atomic E-state index is 0.213. The topological polar surface area (TPSA) is 58.6 Å². The summed E-state index contributed by atoms with van der Waals surface area (Å²) in [5, 5.41) is 2.64. The molecule has 2 amide bonds. The molecule has 5 nitrogen and oxygen atoms in total. The Balaban J connectivity index is 1.47. The van der Waals surface area contributed by atoms with Crippen molar-refractivity contribution in [2.75, 3.05) is 16.8 Å². The molecule has 1 heterocycles. The van der Waals surface area contributed by atoms with Crippen molar-refractivity contribution in [1.82, 2.24) is 0 Å². The number of halogens is 1. The van der Waals surface area contributed by atoms with Crippen LogP contribution in [-0.4, -0.2) is 22.7 Å². The number of hydrogen-bond donors (Lipinski definition) is 1. The molecule has 1 N–H and O–H groups in total. The highest BCUT2D eigenvalue weighted by atomic mass is 32.2. The lowest BCUT2D eigenvalue weighted by Gasteiger charge is -2.14. The number of carbonyl (C=O) groups is 2. The molecule has 1 saturated heterocycles. The van der Waals surface area contributed by atoms with Gasteiger partial charge in [0.25, 0.3) is 11.8 Å². The minimum Gasteiger partial charge on any atom is -0.483 e. The molecule has 1 fully saturated rings. The first kappa shape index (κ1) is 21.7. The van der Waals surface area contributed by atoms with E-state index >= 15 is 0 Å². The van der Waals surface area contributed by atoms with Gasteiger partial charge in [0.15, 0.2) is 10.9 Å². The number of thioether (sulfide) groups is 1. The quantitative estimate of drug-likeness (QED) is 0.399. The van der Waals surface area contributed by atoms with Crippen LogP contribution in [0, 0.1) is 5.82 Å². The van der Waals surface area contributed by atoms with Crippen molar-refractivity contribution in [3.63, 3.8) is 0 Å². The molecular weight excluding hydrogens is 447 g/mol. The number of anilines is 2. The summed E-state index contributed by atoms with van der Waals surface area (Å²) in [6, 6.07) is 21.8. The number of ether oxygens (including phenoxy) is 1. The Morgan fingerprint density at radius 3 is 2.47 bits per heavy atom. The van der Waals surface area contributed by atoms with Gasteiger partial charge in [0.05, 0.1) is 10.6 Å². The zero-order valence-electron chi connectivity index (χ0n) is 16.7. The average Bonchev–Trinajstić information content (AvgIpc) is 3.08. The normalized spacial score (nSPS) is 14.7. The number of carbonyl (C=O) groups excluding carboxylic acids is 2. The van der Waals surface area contributed by atoms with Gasteiger partial charge in [0.2, 0.25) is 0 Å². The molecule has 0 aliphatic carbocycles. The summed E-state index contributed by atoms with van der Waals surface area (Å²) in [5.41, 5.74) is 1.83. The summed E-state index contributed by atoms with van der Waals surface area (Å²) in [6.07, 6.45) is 1.70. The van der Waals surface area contributed by atoms with E-state index in [4.69, 9.17) is 17.0 Å². The Morgan fingerprint density at radius 2 is 1.72 bits per heavy atom. The van der Waals surface area contributed by atoms with E-state index in [0.29, 0.717) is 31.9 Å². The molecule has 4 rings (SSSR count). The fourth-order valence-electron chi connectivity index (χ4n) is 3.01. The second-order valence-electron chi connectivity index (χ2n) is 6.73. The second-order valence-corrected chi connectivity index (χ2v) is 8.41. The van der Waals surface area contributed by atoms with Gasteiger partial charge in [-0.1, -0.05) is 60.4 Å². The van der Waals surface area contributed by atoms with E-state index in [2.05, 4.69) is 5.32 Å². The van der Waals surface area contributed by atoms with E-state index in [1.807, 2.05) is 36.4 Å².